The molecule has 0 radical (unpaired) electrons. The highest BCUT2D eigenvalue weighted by Gasteiger charge is 2.49. The molecule has 1 aromatic rings. The second-order valence-electron chi connectivity index (χ2n) is 6.33. The highest BCUT2D eigenvalue weighted by Crippen LogP contribution is 2.43. The Morgan fingerprint density at radius 1 is 1.43 bits per heavy atom. The van der Waals surface area contributed by atoms with Crippen molar-refractivity contribution in [1.82, 2.24) is 5.32 Å². The second-order valence-corrected chi connectivity index (χ2v) is 6.33. The number of methoxy groups -OCH3 is 1. The van der Waals surface area contributed by atoms with Gasteiger partial charge in [-0.1, -0.05) is 19.9 Å². The van der Waals surface area contributed by atoms with Gasteiger partial charge in [0.1, 0.15) is 11.6 Å². The molecule has 1 aliphatic carbocycles. The molecular weight excluding hydrogens is 269 g/mol. The summed E-state index contributed by atoms with van der Waals surface area (Å²) in [7, 11) is 1.54. The predicted molar refractivity (Wildman–Crippen MR) is 82.1 cm³/mol. The summed E-state index contributed by atoms with van der Waals surface area (Å²) in [6.07, 6.45) is 1.26. The monoisotopic (exact) mass is 295 g/mol. The number of halogens is 1. The molecule has 3 nitrogen and oxygen atoms in total. The highest BCUT2D eigenvalue weighted by atomic mass is 19.1. The van der Waals surface area contributed by atoms with Crippen LogP contribution in [0.2, 0.25) is 0 Å². The van der Waals surface area contributed by atoms with Crippen molar-refractivity contribution >= 4 is 0 Å². The lowest BCUT2D eigenvalue weighted by Gasteiger charge is -2.52. The normalized spacial score (nSPS) is 25.2. The van der Waals surface area contributed by atoms with Crippen LogP contribution in [0.1, 0.15) is 45.7 Å². The van der Waals surface area contributed by atoms with Crippen LogP contribution in [0.3, 0.4) is 0 Å². The van der Waals surface area contributed by atoms with Crippen molar-refractivity contribution in [1.29, 1.82) is 0 Å². The maximum atomic E-state index is 14.1. The van der Waals surface area contributed by atoms with Crippen molar-refractivity contribution in [2.45, 2.75) is 52.3 Å². The lowest BCUT2D eigenvalue weighted by Crippen LogP contribution is -2.61. The highest BCUT2D eigenvalue weighted by molar-refractivity contribution is 5.30. The van der Waals surface area contributed by atoms with E-state index in [-0.39, 0.29) is 23.4 Å². The number of hydrogen-bond donors (Lipinski definition) is 1. The third-order valence-corrected chi connectivity index (χ3v) is 4.67. The molecule has 0 aromatic heterocycles. The minimum atomic E-state index is -0.229. The van der Waals surface area contributed by atoms with Gasteiger partial charge in [0.05, 0.1) is 13.2 Å². The fourth-order valence-corrected chi connectivity index (χ4v) is 3.03. The standard InChI is InChI=1S/C17H26FNO2/c1-6-21-16-10-15(17(16,3)4)19-11(2)13-8-7-12(20-5)9-14(13)18/h7-9,11,15-16,19H,6,10H2,1-5H3. The summed E-state index contributed by atoms with van der Waals surface area (Å²) >= 11 is 0. The average molecular weight is 295 g/mol. The molecule has 0 bridgehead atoms. The van der Waals surface area contributed by atoms with Crippen LogP contribution in [-0.4, -0.2) is 25.9 Å². The molecule has 3 atom stereocenters. The fraction of sp³-hybridized carbons (Fsp3) is 0.647. The van der Waals surface area contributed by atoms with Gasteiger partial charge in [0.25, 0.3) is 0 Å². The Morgan fingerprint density at radius 2 is 2.14 bits per heavy atom. The van der Waals surface area contributed by atoms with Crippen molar-refractivity contribution in [3.63, 3.8) is 0 Å². The molecule has 21 heavy (non-hydrogen) atoms. The Morgan fingerprint density at radius 3 is 2.67 bits per heavy atom. The number of hydrogen-bond acceptors (Lipinski definition) is 3. The quantitative estimate of drug-likeness (QED) is 0.868. The molecule has 0 saturated heterocycles. The van der Waals surface area contributed by atoms with Crippen LogP contribution in [0, 0.1) is 11.2 Å². The molecule has 118 valence electrons. The molecule has 2 rings (SSSR count). The minimum absolute atomic E-state index is 0.0391. The molecule has 1 aromatic carbocycles. The van der Waals surface area contributed by atoms with Crippen LogP contribution in [0.4, 0.5) is 4.39 Å². The lowest BCUT2D eigenvalue weighted by atomic mass is 9.64. The number of nitrogens with one attached hydrogen (secondary N) is 1. The Kier molecular flexibility index (Phi) is 4.89. The number of rotatable bonds is 6. The zero-order valence-corrected chi connectivity index (χ0v) is 13.6. The molecule has 1 saturated carbocycles. The van der Waals surface area contributed by atoms with Gasteiger partial charge in [-0.2, -0.15) is 0 Å². The fourth-order valence-electron chi connectivity index (χ4n) is 3.03. The minimum Gasteiger partial charge on any atom is -0.497 e. The topological polar surface area (TPSA) is 30.5 Å². The molecule has 1 aliphatic rings. The van der Waals surface area contributed by atoms with Crippen LogP contribution in [0.5, 0.6) is 5.75 Å². The van der Waals surface area contributed by atoms with E-state index in [1.807, 2.05) is 13.8 Å². The molecular formula is C17H26FNO2. The van der Waals surface area contributed by atoms with Crippen molar-refractivity contribution in [3.05, 3.63) is 29.6 Å². The smallest absolute Gasteiger partial charge is 0.131 e. The molecule has 4 heteroatoms. The van der Waals surface area contributed by atoms with Gasteiger partial charge in [-0.3, -0.25) is 0 Å². The van der Waals surface area contributed by atoms with Crippen molar-refractivity contribution < 1.29 is 13.9 Å². The maximum Gasteiger partial charge on any atom is 0.131 e. The number of benzene rings is 1. The largest absolute Gasteiger partial charge is 0.497 e. The molecule has 0 heterocycles. The van der Waals surface area contributed by atoms with E-state index in [1.54, 1.807) is 19.2 Å². The van der Waals surface area contributed by atoms with Gasteiger partial charge in [-0.05, 0) is 26.3 Å². The Bertz CT molecular complexity index is 490. The number of ether oxygens (including phenoxy) is 2. The van der Waals surface area contributed by atoms with Gasteiger partial charge < -0.3 is 14.8 Å². The van der Waals surface area contributed by atoms with Gasteiger partial charge in [0, 0.05) is 35.7 Å². The van der Waals surface area contributed by atoms with Crippen molar-refractivity contribution in [3.8, 4) is 5.75 Å². The summed E-state index contributed by atoms with van der Waals surface area (Å²) in [5.74, 6) is 0.316. The van der Waals surface area contributed by atoms with Crippen LogP contribution < -0.4 is 10.1 Å². The Hall–Kier alpha value is -1.13. The van der Waals surface area contributed by atoms with Crippen LogP contribution in [-0.2, 0) is 4.74 Å². The Labute approximate surface area is 126 Å². The van der Waals surface area contributed by atoms with E-state index in [9.17, 15) is 4.39 Å². The van der Waals surface area contributed by atoms with Crippen LogP contribution in [0.15, 0.2) is 18.2 Å². The summed E-state index contributed by atoms with van der Waals surface area (Å²) in [6, 6.07) is 5.32. The molecule has 0 spiro atoms. The zero-order valence-electron chi connectivity index (χ0n) is 13.6. The van der Waals surface area contributed by atoms with E-state index in [0.29, 0.717) is 17.4 Å². The van der Waals surface area contributed by atoms with Crippen molar-refractivity contribution in [2.24, 2.45) is 5.41 Å². The first kappa shape index (κ1) is 16.2. The van der Waals surface area contributed by atoms with E-state index < -0.39 is 0 Å². The molecule has 0 aliphatic heterocycles. The van der Waals surface area contributed by atoms with Gasteiger partial charge in [0.2, 0.25) is 0 Å². The van der Waals surface area contributed by atoms with Crippen LogP contribution >= 0.6 is 0 Å². The SMILES string of the molecule is CCOC1CC(NC(C)c2ccc(OC)cc2F)C1(C)C. The van der Waals surface area contributed by atoms with Crippen LogP contribution in [0.25, 0.3) is 0 Å². The third kappa shape index (κ3) is 3.22. The molecule has 1 fully saturated rings. The third-order valence-electron chi connectivity index (χ3n) is 4.67. The second kappa shape index (κ2) is 6.32. The van der Waals surface area contributed by atoms with Gasteiger partial charge >= 0.3 is 0 Å². The van der Waals surface area contributed by atoms with Gasteiger partial charge in [0.15, 0.2) is 0 Å². The average Bonchev–Trinajstić information content (AvgIpc) is 2.45. The molecule has 0 amide bonds. The summed E-state index contributed by atoms with van der Waals surface area (Å²) in [4.78, 5) is 0. The summed E-state index contributed by atoms with van der Waals surface area (Å²) in [5.41, 5.74) is 0.749. The van der Waals surface area contributed by atoms with Crippen molar-refractivity contribution in [2.75, 3.05) is 13.7 Å². The van der Waals surface area contributed by atoms with E-state index in [2.05, 4.69) is 19.2 Å². The van der Waals surface area contributed by atoms with E-state index in [1.165, 1.54) is 6.07 Å². The molecule has 3 unspecified atom stereocenters. The molecule has 1 N–H and O–H groups in total. The predicted octanol–water partition coefficient (Wildman–Crippen LogP) is 3.69. The first-order valence-corrected chi connectivity index (χ1v) is 7.61. The lowest BCUT2D eigenvalue weighted by molar-refractivity contribution is -0.116. The van der Waals surface area contributed by atoms with E-state index in [0.717, 1.165) is 13.0 Å². The maximum absolute atomic E-state index is 14.1. The van der Waals surface area contributed by atoms with Gasteiger partial charge in [-0.15, -0.1) is 0 Å². The zero-order chi connectivity index (χ0) is 15.6. The summed E-state index contributed by atoms with van der Waals surface area (Å²) < 4.78 is 24.9. The first-order valence-electron chi connectivity index (χ1n) is 7.61. The van der Waals surface area contributed by atoms with E-state index in [4.69, 9.17) is 9.47 Å². The Balaban J connectivity index is 2.01. The van der Waals surface area contributed by atoms with E-state index >= 15 is 0 Å². The van der Waals surface area contributed by atoms with Gasteiger partial charge in [-0.25, -0.2) is 4.39 Å². The summed E-state index contributed by atoms with van der Waals surface area (Å²) in [5, 5.41) is 3.53. The first-order chi connectivity index (χ1) is 9.90. The summed E-state index contributed by atoms with van der Waals surface area (Å²) in [6.45, 7) is 9.15.